The minimum Gasteiger partial charge on any atom is -0.378 e. The van der Waals surface area contributed by atoms with Crippen molar-refractivity contribution < 1.29 is 9.90 Å². The average molecular weight is 391 g/mol. The van der Waals surface area contributed by atoms with E-state index in [4.69, 9.17) is 17.3 Å². The van der Waals surface area contributed by atoms with Crippen LogP contribution in [0.15, 0.2) is 60.8 Å². The lowest BCUT2D eigenvalue weighted by Crippen LogP contribution is -2.14. The molecule has 1 amide bonds. The van der Waals surface area contributed by atoms with Gasteiger partial charge in [-0.1, -0.05) is 59.8 Å². The Hall–Kier alpha value is -3.13. The predicted molar refractivity (Wildman–Crippen MR) is 112 cm³/mol. The summed E-state index contributed by atoms with van der Waals surface area (Å²) in [5.74, 6) is 5.12. The van der Waals surface area contributed by atoms with Crippen LogP contribution in [0, 0.1) is 11.8 Å². The molecule has 0 saturated carbocycles. The lowest BCUT2D eigenvalue weighted by molar-refractivity contribution is 0.100. The Kier molecular flexibility index (Phi) is 5.51. The molecule has 3 N–H and O–H groups in total. The maximum absolute atomic E-state index is 11.9. The van der Waals surface area contributed by atoms with Crippen molar-refractivity contribution in [2.24, 2.45) is 5.73 Å². The minimum atomic E-state index is -1.04. The molecule has 0 aliphatic heterocycles. The normalized spacial score (nSPS) is 10.9. The van der Waals surface area contributed by atoms with Crippen LogP contribution in [0.3, 0.4) is 0 Å². The van der Waals surface area contributed by atoms with Gasteiger partial charge in [-0.15, -0.1) is 0 Å². The van der Waals surface area contributed by atoms with Crippen molar-refractivity contribution in [1.82, 2.24) is 4.98 Å². The van der Waals surface area contributed by atoms with Gasteiger partial charge in [0.25, 0.3) is 5.91 Å². The summed E-state index contributed by atoms with van der Waals surface area (Å²) in [7, 11) is 0. The fraction of sp³-hybridized carbons (Fsp3) is 0.130. The molecule has 1 heterocycles. The highest BCUT2D eigenvalue weighted by Gasteiger charge is 2.17. The highest BCUT2D eigenvalue weighted by Crippen LogP contribution is 2.35. The topological polar surface area (TPSA) is 76.2 Å². The lowest BCUT2D eigenvalue weighted by Gasteiger charge is -2.13. The molecule has 2 aromatic carbocycles. The Morgan fingerprint density at radius 2 is 1.68 bits per heavy atom. The zero-order valence-electron chi connectivity index (χ0n) is 15.5. The number of halogens is 1. The number of carbonyl (C=O) groups is 1. The summed E-state index contributed by atoms with van der Waals surface area (Å²) in [5.41, 5.74) is 8.82. The van der Waals surface area contributed by atoms with Gasteiger partial charge < -0.3 is 10.8 Å². The number of rotatable bonds is 3. The molecule has 0 aliphatic rings. The molecule has 0 atom stereocenters. The van der Waals surface area contributed by atoms with Crippen LogP contribution in [-0.2, 0) is 0 Å². The van der Waals surface area contributed by atoms with E-state index < -0.39 is 11.5 Å². The molecule has 0 fully saturated rings. The number of pyridine rings is 1. The van der Waals surface area contributed by atoms with Gasteiger partial charge in [-0.2, -0.15) is 0 Å². The molecule has 3 aromatic rings. The predicted octanol–water partition coefficient (Wildman–Crippen LogP) is 4.29. The summed E-state index contributed by atoms with van der Waals surface area (Å²) in [5, 5.41) is 9.82. The van der Waals surface area contributed by atoms with Crippen molar-refractivity contribution in [2.45, 2.75) is 19.4 Å². The van der Waals surface area contributed by atoms with Crippen LogP contribution in [0.5, 0.6) is 0 Å². The molecule has 140 valence electrons. The Balaban J connectivity index is 2.09. The number of benzene rings is 2. The van der Waals surface area contributed by atoms with Gasteiger partial charge in [0.15, 0.2) is 0 Å². The highest BCUT2D eigenvalue weighted by molar-refractivity contribution is 6.33. The van der Waals surface area contributed by atoms with Crippen LogP contribution in [0.2, 0.25) is 5.15 Å². The molecule has 1 aromatic heterocycles. The van der Waals surface area contributed by atoms with E-state index in [0.717, 1.165) is 22.3 Å². The van der Waals surface area contributed by atoms with Gasteiger partial charge in [-0.3, -0.25) is 4.79 Å². The third-order valence-corrected chi connectivity index (χ3v) is 4.36. The average Bonchev–Trinajstić information content (AvgIpc) is 2.66. The van der Waals surface area contributed by atoms with Crippen molar-refractivity contribution in [3.05, 3.63) is 77.1 Å². The number of primary amides is 1. The molecule has 5 heteroatoms. The first-order valence-corrected chi connectivity index (χ1v) is 9.04. The largest absolute Gasteiger partial charge is 0.378 e. The van der Waals surface area contributed by atoms with Crippen molar-refractivity contribution in [3.8, 4) is 34.1 Å². The van der Waals surface area contributed by atoms with E-state index in [1.54, 1.807) is 26.1 Å². The molecular weight excluding hydrogens is 372 g/mol. The number of hydrogen-bond acceptors (Lipinski definition) is 3. The van der Waals surface area contributed by atoms with E-state index in [0.29, 0.717) is 5.56 Å². The summed E-state index contributed by atoms with van der Waals surface area (Å²) in [6.45, 7) is 3.28. The fourth-order valence-corrected chi connectivity index (χ4v) is 3.07. The second kappa shape index (κ2) is 7.85. The zero-order chi connectivity index (χ0) is 20.3. The Bertz CT molecular complexity index is 1090. The van der Waals surface area contributed by atoms with Crippen molar-refractivity contribution >= 4 is 17.5 Å². The molecule has 0 radical (unpaired) electrons. The summed E-state index contributed by atoms with van der Waals surface area (Å²) in [4.78, 5) is 15.9. The van der Waals surface area contributed by atoms with Crippen molar-refractivity contribution in [3.63, 3.8) is 0 Å². The Labute approximate surface area is 169 Å². The summed E-state index contributed by atoms with van der Waals surface area (Å²) < 4.78 is 0. The molecule has 4 nitrogen and oxygen atoms in total. The van der Waals surface area contributed by atoms with Gasteiger partial charge in [0, 0.05) is 11.8 Å². The van der Waals surface area contributed by atoms with Crippen molar-refractivity contribution in [2.75, 3.05) is 0 Å². The van der Waals surface area contributed by atoms with Gasteiger partial charge in [0.2, 0.25) is 0 Å². The van der Waals surface area contributed by atoms with E-state index in [1.165, 1.54) is 0 Å². The maximum Gasteiger partial charge on any atom is 0.252 e. The van der Waals surface area contributed by atoms with Crippen LogP contribution in [0.4, 0.5) is 0 Å². The Morgan fingerprint density at radius 1 is 1.04 bits per heavy atom. The van der Waals surface area contributed by atoms with Crippen LogP contribution in [0.25, 0.3) is 22.3 Å². The van der Waals surface area contributed by atoms with E-state index in [9.17, 15) is 9.90 Å². The number of carbonyl (C=O) groups excluding carboxylic acids is 1. The van der Waals surface area contributed by atoms with E-state index in [-0.39, 0.29) is 10.7 Å². The van der Waals surface area contributed by atoms with Crippen LogP contribution in [0.1, 0.15) is 29.8 Å². The van der Waals surface area contributed by atoms with Crippen LogP contribution in [-0.4, -0.2) is 21.6 Å². The SMILES string of the molecule is CC(C)(O)C#Cc1ccc(-c2ccccc2-c2ccnc(Cl)c2C(N)=O)cc1. The fourth-order valence-electron chi connectivity index (χ4n) is 2.82. The number of aliphatic hydroxyl groups is 1. The molecule has 28 heavy (non-hydrogen) atoms. The number of nitrogens with zero attached hydrogens (tertiary/aromatic N) is 1. The smallest absolute Gasteiger partial charge is 0.252 e. The monoisotopic (exact) mass is 390 g/mol. The number of hydrogen-bond donors (Lipinski definition) is 2. The summed E-state index contributed by atoms with van der Waals surface area (Å²) >= 11 is 6.12. The zero-order valence-corrected chi connectivity index (χ0v) is 16.3. The Morgan fingerprint density at radius 3 is 2.29 bits per heavy atom. The number of nitrogens with two attached hydrogens (primary N) is 1. The number of amides is 1. The third-order valence-electron chi connectivity index (χ3n) is 4.08. The first kappa shape index (κ1) is 19.6. The maximum atomic E-state index is 11.9. The standard InChI is InChI=1S/C23H19ClN2O2/c1-23(2,28)13-11-15-7-9-16(10-8-15)17-5-3-4-6-18(17)19-12-14-26-21(24)20(19)22(25)27/h3-10,12,14,28H,1-2H3,(H2,25,27). The molecule has 0 aliphatic carbocycles. The van der Waals surface area contributed by atoms with E-state index >= 15 is 0 Å². The molecule has 0 spiro atoms. The molecule has 0 unspecified atom stereocenters. The number of aromatic nitrogens is 1. The van der Waals surface area contributed by atoms with E-state index in [2.05, 4.69) is 16.8 Å². The first-order valence-electron chi connectivity index (χ1n) is 8.66. The van der Waals surface area contributed by atoms with Gasteiger partial charge in [-0.25, -0.2) is 4.98 Å². The molecule has 0 saturated heterocycles. The highest BCUT2D eigenvalue weighted by atomic mass is 35.5. The second-order valence-corrected chi connectivity index (χ2v) is 7.18. The van der Waals surface area contributed by atoms with Gasteiger partial charge in [0.05, 0.1) is 5.56 Å². The van der Waals surface area contributed by atoms with Gasteiger partial charge in [0.1, 0.15) is 10.8 Å². The molecule has 0 bridgehead atoms. The van der Waals surface area contributed by atoms with Crippen LogP contribution < -0.4 is 5.73 Å². The van der Waals surface area contributed by atoms with E-state index in [1.807, 2.05) is 48.5 Å². The molecular formula is C23H19ClN2O2. The van der Waals surface area contributed by atoms with Crippen molar-refractivity contribution in [1.29, 1.82) is 0 Å². The van der Waals surface area contributed by atoms with Gasteiger partial charge in [-0.05, 0) is 54.3 Å². The minimum absolute atomic E-state index is 0.0806. The molecule has 3 rings (SSSR count). The summed E-state index contributed by atoms with van der Waals surface area (Å²) in [6, 6.07) is 17.1. The quantitative estimate of drug-likeness (QED) is 0.517. The van der Waals surface area contributed by atoms with Gasteiger partial charge >= 0.3 is 0 Å². The van der Waals surface area contributed by atoms with Crippen LogP contribution >= 0.6 is 11.6 Å². The third kappa shape index (κ3) is 4.40. The lowest BCUT2D eigenvalue weighted by atomic mass is 9.92. The first-order chi connectivity index (χ1) is 13.3. The summed E-state index contributed by atoms with van der Waals surface area (Å²) in [6.07, 6.45) is 1.55. The second-order valence-electron chi connectivity index (χ2n) is 6.82.